The molecule has 1 aliphatic rings. The third-order valence-corrected chi connectivity index (χ3v) is 3.61. The molecule has 0 aromatic carbocycles. The van der Waals surface area contributed by atoms with Crippen LogP contribution < -0.4 is 10.2 Å². The Balaban J connectivity index is 2.00. The fraction of sp³-hybridized carbons (Fsp3) is 0.308. The van der Waals surface area contributed by atoms with E-state index in [0.29, 0.717) is 32.0 Å². The maximum absolute atomic E-state index is 11.5. The summed E-state index contributed by atoms with van der Waals surface area (Å²) in [6, 6.07) is 3.33. The molecule has 1 N–H and O–H groups in total. The minimum absolute atomic E-state index is 0.0707. The van der Waals surface area contributed by atoms with Gasteiger partial charge < -0.3 is 15.0 Å². The van der Waals surface area contributed by atoms with E-state index < -0.39 is 4.92 Å². The molecule has 3 rings (SSSR count). The molecule has 1 fully saturated rings. The maximum Gasteiger partial charge on any atom is 0.353 e. The smallest absolute Gasteiger partial charge is 0.353 e. The number of morpholine rings is 1. The van der Waals surface area contributed by atoms with Crippen molar-refractivity contribution in [2.75, 3.05) is 36.5 Å². The second-order valence-electron chi connectivity index (χ2n) is 4.72. The quantitative estimate of drug-likeness (QED) is 0.513. The molecule has 10 heteroatoms. The lowest BCUT2D eigenvalue weighted by atomic mass is 10.3. The van der Waals surface area contributed by atoms with Crippen LogP contribution in [0.1, 0.15) is 0 Å². The van der Waals surface area contributed by atoms with Crippen LogP contribution in [0.3, 0.4) is 0 Å². The van der Waals surface area contributed by atoms with E-state index in [9.17, 15) is 10.1 Å². The van der Waals surface area contributed by atoms with Crippen LogP contribution in [0.5, 0.6) is 0 Å². The van der Waals surface area contributed by atoms with Gasteiger partial charge in [-0.15, -0.1) is 0 Å². The first-order valence-corrected chi connectivity index (χ1v) is 7.24. The summed E-state index contributed by atoms with van der Waals surface area (Å²) in [6.07, 6.45) is 2.81. The minimum atomic E-state index is -0.503. The van der Waals surface area contributed by atoms with Gasteiger partial charge in [0.1, 0.15) is 6.33 Å². The monoisotopic (exact) mass is 336 g/mol. The van der Waals surface area contributed by atoms with E-state index in [1.165, 1.54) is 12.5 Å². The molecule has 1 saturated heterocycles. The number of hydrogen-bond donors (Lipinski definition) is 1. The van der Waals surface area contributed by atoms with Crippen molar-refractivity contribution in [1.29, 1.82) is 0 Å². The second-order valence-corrected chi connectivity index (χ2v) is 5.08. The molecule has 1 aliphatic heterocycles. The Morgan fingerprint density at radius 3 is 2.78 bits per heavy atom. The molecule has 0 radical (unpaired) electrons. The van der Waals surface area contributed by atoms with Crippen molar-refractivity contribution in [2.24, 2.45) is 0 Å². The van der Waals surface area contributed by atoms with Gasteiger partial charge in [-0.05, 0) is 12.1 Å². The van der Waals surface area contributed by atoms with E-state index in [2.05, 4.69) is 20.3 Å². The number of rotatable bonds is 4. The second kappa shape index (κ2) is 6.71. The van der Waals surface area contributed by atoms with Crippen molar-refractivity contribution < 1.29 is 9.66 Å². The van der Waals surface area contributed by atoms with Gasteiger partial charge in [0.2, 0.25) is 11.6 Å². The molecule has 0 aliphatic carbocycles. The molecule has 120 valence electrons. The molecule has 0 atom stereocenters. The molecular weight excluding hydrogens is 324 g/mol. The van der Waals surface area contributed by atoms with Gasteiger partial charge >= 0.3 is 5.69 Å². The van der Waals surface area contributed by atoms with Crippen LogP contribution in [0, 0.1) is 10.1 Å². The highest BCUT2D eigenvalue weighted by atomic mass is 35.5. The van der Waals surface area contributed by atoms with Crippen LogP contribution in [0.4, 0.5) is 23.0 Å². The Hall–Kier alpha value is -2.52. The lowest BCUT2D eigenvalue weighted by Gasteiger charge is -2.27. The Labute approximate surface area is 136 Å². The Bertz CT molecular complexity index is 723. The number of ether oxygens (including phenoxy) is 1. The Kier molecular flexibility index (Phi) is 4.49. The molecule has 0 amide bonds. The van der Waals surface area contributed by atoms with Gasteiger partial charge in [0, 0.05) is 19.3 Å². The predicted octanol–water partition coefficient (Wildman–Crippen LogP) is 2.01. The first-order chi connectivity index (χ1) is 11.2. The summed E-state index contributed by atoms with van der Waals surface area (Å²) >= 11 is 5.98. The first-order valence-electron chi connectivity index (χ1n) is 6.86. The third-order valence-electron chi connectivity index (χ3n) is 3.31. The number of nitro groups is 1. The normalized spacial score (nSPS) is 14.6. The van der Waals surface area contributed by atoms with Crippen molar-refractivity contribution in [2.45, 2.75) is 0 Å². The van der Waals surface area contributed by atoms with Gasteiger partial charge in [-0.25, -0.2) is 15.0 Å². The number of pyridine rings is 1. The molecule has 23 heavy (non-hydrogen) atoms. The van der Waals surface area contributed by atoms with E-state index in [4.69, 9.17) is 16.3 Å². The number of halogens is 1. The van der Waals surface area contributed by atoms with Gasteiger partial charge in [-0.3, -0.25) is 10.1 Å². The van der Waals surface area contributed by atoms with Crippen molar-refractivity contribution >= 4 is 34.6 Å². The van der Waals surface area contributed by atoms with Gasteiger partial charge in [0.05, 0.1) is 23.8 Å². The van der Waals surface area contributed by atoms with E-state index in [1.54, 1.807) is 17.0 Å². The zero-order chi connectivity index (χ0) is 16.2. The average Bonchev–Trinajstić information content (AvgIpc) is 2.57. The summed E-state index contributed by atoms with van der Waals surface area (Å²) in [4.78, 5) is 24.8. The zero-order valence-electron chi connectivity index (χ0n) is 12.0. The van der Waals surface area contributed by atoms with Gasteiger partial charge in [-0.1, -0.05) is 11.6 Å². The number of anilines is 3. The molecule has 2 aromatic rings. The topological polar surface area (TPSA) is 106 Å². The minimum Gasteiger partial charge on any atom is -0.378 e. The number of aromatic nitrogens is 3. The van der Waals surface area contributed by atoms with Crippen molar-refractivity contribution in [1.82, 2.24) is 15.0 Å². The molecule has 0 unspecified atom stereocenters. The van der Waals surface area contributed by atoms with E-state index in [-0.39, 0.29) is 22.5 Å². The van der Waals surface area contributed by atoms with Gasteiger partial charge in [0.15, 0.2) is 5.15 Å². The SMILES string of the molecule is O=[N+]([O-])c1c(Nc2cccnc2Cl)ncnc1N1CCOCC1. The average molecular weight is 337 g/mol. The van der Waals surface area contributed by atoms with Crippen molar-refractivity contribution in [3.8, 4) is 0 Å². The van der Waals surface area contributed by atoms with Crippen molar-refractivity contribution in [3.63, 3.8) is 0 Å². The van der Waals surface area contributed by atoms with E-state index in [1.807, 2.05) is 0 Å². The van der Waals surface area contributed by atoms with Gasteiger partial charge in [0.25, 0.3) is 0 Å². The first kappa shape index (κ1) is 15.4. The number of hydrogen-bond acceptors (Lipinski definition) is 8. The van der Waals surface area contributed by atoms with Crippen LogP contribution in [-0.4, -0.2) is 46.2 Å². The van der Waals surface area contributed by atoms with E-state index in [0.717, 1.165) is 0 Å². The largest absolute Gasteiger partial charge is 0.378 e. The van der Waals surface area contributed by atoms with Crippen LogP contribution >= 0.6 is 11.6 Å². The zero-order valence-corrected chi connectivity index (χ0v) is 12.7. The Morgan fingerprint density at radius 2 is 2.09 bits per heavy atom. The van der Waals surface area contributed by atoms with Crippen molar-refractivity contribution in [3.05, 3.63) is 39.9 Å². The summed E-state index contributed by atoms with van der Waals surface area (Å²) in [5, 5.41) is 14.6. The fourth-order valence-corrected chi connectivity index (χ4v) is 2.41. The fourth-order valence-electron chi connectivity index (χ4n) is 2.24. The molecule has 0 bridgehead atoms. The lowest BCUT2D eigenvalue weighted by Crippen LogP contribution is -2.37. The summed E-state index contributed by atoms with van der Waals surface area (Å²) < 4.78 is 5.27. The van der Waals surface area contributed by atoms with Crippen LogP contribution in [0.25, 0.3) is 0 Å². The highest BCUT2D eigenvalue weighted by Crippen LogP contribution is 2.34. The van der Waals surface area contributed by atoms with Crippen LogP contribution in [0.2, 0.25) is 5.15 Å². The lowest BCUT2D eigenvalue weighted by molar-refractivity contribution is -0.383. The van der Waals surface area contributed by atoms with Crippen LogP contribution in [0.15, 0.2) is 24.7 Å². The Morgan fingerprint density at radius 1 is 1.30 bits per heavy atom. The van der Waals surface area contributed by atoms with E-state index >= 15 is 0 Å². The maximum atomic E-state index is 11.5. The van der Waals surface area contributed by atoms with Gasteiger partial charge in [-0.2, -0.15) is 0 Å². The standard InChI is InChI=1S/C13H13ClN6O3/c14-11-9(2-1-3-15-11)18-12-10(20(21)22)13(17-8-16-12)19-4-6-23-7-5-19/h1-3,8H,4-7H2,(H,16,17,18). The number of nitrogens with zero attached hydrogens (tertiary/aromatic N) is 5. The molecule has 0 spiro atoms. The van der Waals surface area contributed by atoms with Crippen LogP contribution in [-0.2, 0) is 4.74 Å². The summed E-state index contributed by atoms with van der Waals surface area (Å²) in [7, 11) is 0. The number of nitrogens with one attached hydrogen (secondary N) is 1. The summed E-state index contributed by atoms with van der Waals surface area (Å²) in [5.41, 5.74) is 0.234. The highest BCUT2D eigenvalue weighted by Gasteiger charge is 2.28. The highest BCUT2D eigenvalue weighted by molar-refractivity contribution is 6.32. The molecular formula is C13H13ClN6O3. The summed E-state index contributed by atoms with van der Waals surface area (Å²) in [5.74, 6) is 0.331. The molecule has 2 aromatic heterocycles. The third kappa shape index (κ3) is 3.30. The summed E-state index contributed by atoms with van der Waals surface area (Å²) in [6.45, 7) is 2.06. The molecule has 3 heterocycles. The predicted molar refractivity (Wildman–Crippen MR) is 84.2 cm³/mol. The molecule has 0 saturated carbocycles. The molecule has 9 nitrogen and oxygen atoms in total.